The van der Waals surface area contributed by atoms with Gasteiger partial charge in [-0.05, 0) is 32.9 Å². The third kappa shape index (κ3) is 4.11. The van der Waals surface area contributed by atoms with Gasteiger partial charge in [-0.2, -0.15) is 0 Å². The summed E-state index contributed by atoms with van der Waals surface area (Å²) in [5.74, 6) is 1.52. The van der Waals surface area contributed by atoms with Crippen LogP contribution in [-0.2, 0) is 13.1 Å². The molecule has 0 aliphatic rings. The lowest BCUT2D eigenvalue weighted by molar-refractivity contribution is 0.392. The summed E-state index contributed by atoms with van der Waals surface area (Å²) in [6, 6.07) is 3.72. The average molecular weight is 361 g/mol. The van der Waals surface area contributed by atoms with Crippen molar-refractivity contribution in [3.05, 3.63) is 52.3 Å². The highest BCUT2D eigenvalue weighted by atomic mass is 35.5. The molecule has 0 amide bonds. The minimum atomic E-state index is 0.511. The van der Waals surface area contributed by atoms with Crippen molar-refractivity contribution in [3.63, 3.8) is 0 Å². The normalized spacial score (nSPS) is 11.9. The first-order valence-corrected chi connectivity index (χ1v) is 8.51. The van der Waals surface area contributed by atoms with Crippen molar-refractivity contribution in [1.29, 1.82) is 0 Å². The van der Waals surface area contributed by atoms with Crippen molar-refractivity contribution in [1.82, 2.24) is 25.2 Å². The van der Waals surface area contributed by atoms with Crippen LogP contribution in [0.2, 0.25) is 5.02 Å². The number of pyridine rings is 1. The molecule has 3 rings (SSSR count). The van der Waals surface area contributed by atoms with Gasteiger partial charge in [0.1, 0.15) is 11.4 Å². The Morgan fingerprint density at radius 1 is 1.28 bits per heavy atom. The predicted molar refractivity (Wildman–Crippen MR) is 97.8 cm³/mol. The quantitative estimate of drug-likeness (QED) is 0.540. The fourth-order valence-corrected chi connectivity index (χ4v) is 2.67. The van der Waals surface area contributed by atoms with Gasteiger partial charge in [-0.3, -0.25) is 0 Å². The van der Waals surface area contributed by atoms with Crippen LogP contribution in [0, 0.1) is 13.8 Å². The van der Waals surface area contributed by atoms with Crippen molar-refractivity contribution in [3.8, 4) is 0 Å². The molecule has 0 saturated carbocycles. The Kier molecular flexibility index (Phi) is 5.23. The molecule has 0 atom stereocenters. The highest BCUT2D eigenvalue weighted by molar-refractivity contribution is 6.30. The van der Waals surface area contributed by atoms with Crippen LogP contribution in [0.4, 0.5) is 0 Å². The highest BCUT2D eigenvalue weighted by Crippen LogP contribution is 2.13. The molecule has 3 heterocycles. The van der Waals surface area contributed by atoms with E-state index in [0.29, 0.717) is 18.1 Å². The molecule has 2 N–H and O–H groups in total. The van der Waals surface area contributed by atoms with Gasteiger partial charge in [0.25, 0.3) is 0 Å². The molecule has 0 bridgehead atoms. The molecule has 0 spiro atoms. The molecule has 3 aromatic rings. The Balaban J connectivity index is 1.69. The van der Waals surface area contributed by atoms with Crippen molar-refractivity contribution in [2.75, 3.05) is 6.54 Å². The molecule has 0 fully saturated rings. The Labute approximate surface area is 151 Å². The standard InChI is InChI=1S/C17H21ClN6O/c1-4-19-17(21-8-15-11(2)23-25-12(15)3)20-7-14-10-24-9-13(18)5-6-16(24)22-14/h5-6,9-10H,4,7-8H2,1-3H3,(H2,19,20,21). The number of aryl methyl sites for hydroxylation is 2. The number of halogens is 1. The molecule has 3 aromatic heterocycles. The zero-order valence-corrected chi connectivity index (χ0v) is 15.3. The van der Waals surface area contributed by atoms with Crippen LogP contribution in [0.5, 0.6) is 0 Å². The summed E-state index contributed by atoms with van der Waals surface area (Å²) in [5, 5.41) is 11.2. The fraction of sp³-hybridized carbons (Fsp3) is 0.353. The van der Waals surface area contributed by atoms with Gasteiger partial charge in [-0.1, -0.05) is 16.8 Å². The Morgan fingerprint density at radius 3 is 2.84 bits per heavy atom. The lowest BCUT2D eigenvalue weighted by atomic mass is 10.2. The third-order valence-electron chi connectivity index (χ3n) is 3.82. The highest BCUT2D eigenvalue weighted by Gasteiger charge is 2.09. The number of nitrogens with one attached hydrogen (secondary N) is 2. The smallest absolute Gasteiger partial charge is 0.191 e. The van der Waals surface area contributed by atoms with E-state index < -0.39 is 0 Å². The van der Waals surface area contributed by atoms with Crippen LogP contribution < -0.4 is 10.6 Å². The number of rotatable bonds is 5. The first-order valence-electron chi connectivity index (χ1n) is 8.14. The van der Waals surface area contributed by atoms with E-state index in [1.807, 2.05) is 49.7 Å². The molecule has 0 aliphatic heterocycles. The average Bonchev–Trinajstić information content (AvgIpc) is 3.13. The Bertz CT molecular complexity index is 878. The van der Waals surface area contributed by atoms with E-state index in [-0.39, 0.29) is 0 Å². The SMILES string of the molecule is CCNC(=NCc1c(C)noc1C)NCc1cn2cc(Cl)ccc2n1. The van der Waals surface area contributed by atoms with Gasteiger partial charge in [0.15, 0.2) is 5.96 Å². The molecular formula is C17H21ClN6O. The zero-order valence-electron chi connectivity index (χ0n) is 14.5. The maximum atomic E-state index is 6.01. The number of aromatic nitrogens is 3. The van der Waals surface area contributed by atoms with Gasteiger partial charge < -0.3 is 19.6 Å². The molecule has 0 aliphatic carbocycles. The minimum Gasteiger partial charge on any atom is -0.361 e. The second-order valence-corrected chi connectivity index (χ2v) is 6.13. The van der Waals surface area contributed by atoms with Crippen molar-refractivity contribution in [2.45, 2.75) is 33.9 Å². The number of hydrogen-bond acceptors (Lipinski definition) is 4. The summed E-state index contributed by atoms with van der Waals surface area (Å²) in [4.78, 5) is 9.16. The lowest BCUT2D eigenvalue weighted by Gasteiger charge is -2.10. The number of nitrogens with zero attached hydrogens (tertiary/aromatic N) is 4. The summed E-state index contributed by atoms with van der Waals surface area (Å²) in [6.07, 6.45) is 3.79. The van der Waals surface area contributed by atoms with Gasteiger partial charge in [-0.15, -0.1) is 0 Å². The molecule has 7 nitrogen and oxygen atoms in total. The molecule has 25 heavy (non-hydrogen) atoms. The second kappa shape index (κ2) is 7.57. The Morgan fingerprint density at radius 2 is 2.12 bits per heavy atom. The molecule has 132 valence electrons. The summed E-state index contributed by atoms with van der Waals surface area (Å²) in [6.45, 7) is 7.69. The first kappa shape index (κ1) is 17.3. The van der Waals surface area contributed by atoms with Gasteiger partial charge >= 0.3 is 0 Å². The topological polar surface area (TPSA) is 79.8 Å². The third-order valence-corrected chi connectivity index (χ3v) is 4.05. The number of fused-ring (bicyclic) bond motifs is 1. The largest absolute Gasteiger partial charge is 0.361 e. The second-order valence-electron chi connectivity index (χ2n) is 5.70. The van der Waals surface area contributed by atoms with E-state index in [4.69, 9.17) is 16.1 Å². The van der Waals surface area contributed by atoms with E-state index >= 15 is 0 Å². The molecule has 0 radical (unpaired) electrons. The minimum absolute atomic E-state index is 0.511. The number of aliphatic imine (C=N–C) groups is 1. The van der Waals surface area contributed by atoms with Gasteiger partial charge in [0.2, 0.25) is 0 Å². The van der Waals surface area contributed by atoms with Crippen molar-refractivity contribution in [2.24, 2.45) is 4.99 Å². The van der Waals surface area contributed by atoms with Crippen LogP contribution in [0.15, 0.2) is 34.0 Å². The zero-order chi connectivity index (χ0) is 17.8. The van der Waals surface area contributed by atoms with Crippen LogP contribution >= 0.6 is 11.6 Å². The summed E-state index contributed by atoms with van der Waals surface area (Å²) in [7, 11) is 0. The van der Waals surface area contributed by atoms with E-state index in [9.17, 15) is 0 Å². The molecule has 0 aromatic carbocycles. The summed E-state index contributed by atoms with van der Waals surface area (Å²) in [5.41, 5.74) is 3.65. The van der Waals surface area contributed by atoms with Gasteiger partial charge in [0, 0.05) is 24.5 Å². The predicted octanol–water partition coefficient (Wildman–Crippen LogP) is 2.85. The van der Waals surface area contributed by atoms with Crippen LogP contribution in [0.3, 0.4) is 0 Å². The van der Waals surface area contributed by atoms with E-state index in [1.54, 1.807) is 0 Å². The van der Waals surface area contributed by atoms with Crippen molar-refractivity contribution >= 4 is 23.2 Å². The number of hydrogen-bond donors (Lipinski definition) is 2. The molecule has 0 unspecified atom stereocenters. The summed E-state index contributed by atoms with van der Waals surface area (Å²) < 4.78 is 7.09. The van der Waals surface area contributed by atoms with Crippen LogP contribution in [-0.4, -0.2) is 27.0 Å². The monoisotopic (exact) mass is 360 g/mol. The maximum Gasteiger partial charge on any atom is 0.191 e. The van der Waals surface area contributed by atoms with E-state index in [1.165, 1.54) is 0 Å². The number of guanidine groups is 1. The lowest BCUT2D eigenvalue weighted by Crippen LogP contribution is -2.36. The van der Waals surface area contributed by atoms with E-state index in [0.717, 1.165) is 40.9 Å². The van der Waals surface area contributed by atoms with Crippen molar-refractivity contribution < 1.29 is 4.52 Å². The van der Waals surface area contributed by atoms with Gasteiger partial charge in [-0.25, -0.2) is 9.98 Å². The molecule has 8 heteroatoms. The van der Waals surface area contributed by atoms with Crippen LogP contribution in [0.25, 0.3) is 5.65 Å². The maximum absolute atomic E-state index is 6.01. The first-order chi connectivity index (χ1) is 12.1. The Hall–Kier alpha value is -2.54. The molecule has 0 saturated heterocycles. The van der Waals surface area contributed by atoms with Gasteiger partial charge in [0.05, 0.1) is 29.5 Å². The van der Waals surface area contributed by atoms with Crippen LogP contribution in [0.1, 0.15) is 29.6 Å². The fourth-order valence-electron chi connectivity index (χ4n) is 2.50. The van der Waals surface area contributed by atoms with E-state index in [2.05, 4.69) is 25.8 Å². The summed E-state index contributed by atoms with van der Waals surface area (Å²) >= 11 is 6.01. The number of imidazole rings is 1. The molecular weight excluding hydrogens is 340 g/mol.